The van der Waals surface area contributed by atoms with Crippen molar-refractivity contribution in [3.63, 3.8) is 0 Å². The SMILES string of the molecule is O=C1CSC(=NN=Cc2ccc(Oc3cccc(F)c3)cc2)N1. The Morgan fingerprint density at radius 3 is 2.70 bits per heavy atom. The highest BCUT2D eigenvalue weighted by Gasteiger charge is 2.15. The zero-order chi connectivity index (χ0) is 16.1. The molecular formula is C16H12FN3O2S. The van der Waals surface area contributed by atoms with Crippen LogP contribution in [0.4, 0.5) is 4.39 Å². The van der Waals surface area contributed by atoms with Gasteiger partial charge in [-0.2, -0.15) is 5.10 Å². The molecule has 0 spiro atoms. The molecule has 2 aromatic rings. The lowest BCUT2D eigenvalue weighted by molar-refractivity contribution is -0.116. The first-order valence-corrected chi connectivity index (χ1v) is 7.75. The Kier molecular flexibility index (Phi) is 4.68. The molecule has 23 heavy (non-hydrogen) atoms. The van der Waals surface area contributed by atoms with Crippen molar-refractivity contribution in [3.05, 3.63) is 59.9 Å². The molecule has 0 aromatic heterocycles. The normalized spacial score (nSPS) is 16.0. The summed E-state index contributed by atoms with van der Waals surface area (Å²) in [5.41, 5.74) is 0.829. The van der Waals surface area contributed by atoms with Gasteiger partial charge in [0.15, 0.2) is 5.17 Å². The lowest BCUT2D eigenvalue weighted by Gasteiger charge is -2.05. The van der Waals surface area contributed by atoms with Crippen LogP contribution in [0.2, 0.25) is 0 Å². The van der Waals surface area contributed by atoms with E-state index in [1.807, 2.05) is 0 Å². The van der Waals surface area contributed by atoms with Crippen molar-refractivity contribution in [2.45, 2.75) is 0 Å². The highest BCUT2D eigenvalue weighted by molar-refractivity contribution is 8.15. The van der Waals surface area contributed by atoms with E-state index < -0.39 is 0 Å². The van der Waals surface area contributed by atoms with Gasteiger partial charge in [0.2, 0.25) is 5.91 Å². The minimum atomic E-state index is -0.345. The molecule has 0 radical (unpaired) electrons. The van der Waals surface area contributed by atoms with Crippen LogP contribution in [0.5, 0.6) is 11.5 Å². The third kappa shape index (κ3) is 4.40. The number of benzene rings is 2. The molecule has 0 saturated carbocycles. The number of rotatable bonds is 4. The number of halogens is 1. The second-order valence-corrected chi connectivity index (χ2v) is 5.58. The first kappa shape index (κ1) is 15.2. The van der Waals surface area contributed by atoms with E-state index in [1.54, 1.807) is 42.6 Å². The molecule has 3 rings (SSSR count). The van der Waals surface area contributed by atoms with Crippen LogP contribution in [-0.2, 0) is 4.79 Å². The van der Waals surface area contributed by atoms with Crippen molar-refractivity contribution >= 4 is 29.1 Å². The number of amidine groups is 1. The first-order valence-electron chi connectivity index (χ1n) is 6.76. The second kappa shape index (κ2) is 7.06. The Morgan fingerprint density at radius 1 is 1.17 bits per heavy atom. The fourth-order valence-corrected chi connectivity index (χ4v) is 2.45. The van der Waals surface area contributed by atoms with Crippen LogP contribution in [-0.4, -0.2) is 23.0 Å². The summed E-state index contributed by atoms with van der Waals surface area (Å²) in [5.74, 6) is 0.995. The average Bonchev–Trinajstić information content (AvgIpc) is 2.95. The lowest BCUT2D eigenvalue weighted by atomic mass is 10.2. The molecule has 0 unspecified atom stereocenters. The predicted molar refractivity (Wildman–Crippen MR) is 88.5 cm³/mol. The van der Waals surface area contributed by atoms with Crippen molar-refractivity contribution in [2.24, 2.45) is 10.2 Å². The summed E-state index contributed by atoms with van der Waals surface area (Å²) in [5, 5.41) is 10.9. The van der Waals surface area contributed by atoms with E-state index >= 15 is 0 Å². The Labute approximate surface area is 136 Å². The smallest absolute Gasteiger partial charge is 0.236 e. The van der Waals surface area contributed by atoms with Crippen molar-refractivity contribution in [3.8, 4) is 11.5 Å². The molecule has 1 amide bonds. The van der Waals surface area contributed by atoms with Gasteiger partial charge in [0.05, 0.1) is 12.0 Å². The van der Waals surface area contributed by atoms with Crippen molar-refractivity contribution in [2.75, 3.05) is 5.75 Å². The van der Waals surface area contributed by atoms with Crippen LogP contribution in [0.3, 0.4) is 0 Å². The third-order valence-electron chi connectivity index (χ3n) is 2.85. The zero-order valence-corrected chi connectivity index (χ0v) is 12.7. The number of nitrogens with zero attached hydrogens (tertiary/aromatic N) is 2. The summed E-state index contributed by atoms with van der Waals surface area (Å²) < 4.78 is 18.6. The number of carbonyl (C=O) groups excluding carboxylic acids is 1. The van der Waals surface area contributed by atoms with Gasteiger partial charge in [0.25, 0.3) is 0 Å². The second-order valence-electron chi connectivity index (χ2n) is 4.62. The number of nitrogens with one attached hydrogen (secondary N) is 1. The fraction of sp³-hybridized carbons (Fsp3) is 0.0625. The van der Waals surface area contributed by atoms with Crippen LogP contribution in [0.15, 0.2) is 58.7 Å². The van der Waals surface area contributed by atoms with Gasteiger partial charge in [-0.3, -0.25) is 4.79 Å². The number of hydrogen-bond acceptors (Lipinski definition) is 5. The van der Waals surface area contributed by atoms with Gasteiger partial charge in [-0.25, -0.2) is 4.39 Å². The Hall–Kier alpha value is -2.67. The summed E-state index contributed by atoms with van der Waals surface area (Å²) in [6.45, 7) is 0. The molecule has 5 nitrogen and oxygen atoms in total. The highest BCUT2D eigenvalue weighted by Crippen LogP contribution is 2.21. The maximum absolute atomic E-state index is 13.1. The van der Waals surface area contributed by atoms with E-state index in [4.69, 9.17) is 4.74 Å². The average molecular weight is 329 g/mol. The maximum Gasteiger partial charge on any atom is 0.236 e. The number of hydrogen-bond donors (Lipinski definition) is 1. The van der Waals surface area contributed by atoms with Crippen molar-refractivity contribution < 1.29 is 13.9 Å². The fourth-order valence-electron chi connectivity index (χ4n) is 1.82. The van der Waals surface area contributed by atoms with Gasteiger partial charge in [-0.15, -0.1) is 5.10 Å². The summed E-state index contributed by atoms with van der Waals surface area (Å²) in [7, 11) is 0. The van der Waals surface area contributed by atoms with Gasteiger partial charge in [-0.1, -0.05) is 17.8 Å². The highest BCUT2D eigenvalue weighted by atomic mass is 32.2. The summed E-state index contributed by atoms with van der Waals surface area (Å²) in [6.07, 6.45) is 1.57. The van der Waals surface area contributed by atoms with Crippen LogP contribution in [0.1, 0.15) is 5.56 Å². The van der Waals surface area contributed by atoms with Crippen LogP contribution < -0.4 is 10.1 Å². The Balaban J connectivity index is 1.62. The van der Waals surface area contributed by atoms with Gasteiger partial charge in [0.1, 0.15) is 17.3 Å². The van der Waals surface area contributed by atoms with E-state index in [0.29, 0.717) is 22.4 Å². The van der Waals surface area contributed by atoms with Crippen LogP contribution >= 0.6 is 11.8 Å². The van der Waals surface area contributed by atoms with E-state index in [1.165, 1.54) is 23.9 Å². The summed E-state index contributed by atoms with van der Waals surface area (Å²) in [4.78, 5) is 11.0. The minimum absolute atomic E-state index is 0.0669. The number of ether oxygens (including phenoxy) is 1. The van der Waals surface area contributed by atoms with Crippen LogP contribution in [0, 0.1) is 5.82 Å². The molecule has 0 aliphatic carbocycles. The number of carbonyl (C=O) groups is 1. The van der Waals surface area contributed by atoms with E-state index in [2.05, 4.69) is 15.5 Å². The molecular weight excluding hydrogens is 317 g/mol. The molecule has 7 heteroatoms. The zero-order valence-electron chi connectivity index (χ0n) is 11.9. The van der Waals surface area contributed by atoms with Gasteiger partial charge in [-0.05, 0) is 42.0 Å². The van der Waals surface area contributed by atoms with Gasteiger partial charge in [0, 0.05) is 6.07 Å². The molecule has 0 atom stereocenters. The van der Waals surface area contributed by atoms with E-state index in [0.717, 1.165) is 5.56 Å². The van der Waals surface area contributed by atoms with Crippen molar-refractivity contribution in [1.29, 1.82) is 0 Å². The number of amides is 1. The molecule has 1 aliphatic rings. The monoisotopic (exact) mass is 329 g/mol. The maximum atomic E-state index is 13.1. The Bertz CT molecular complexity index is 775. The minimum Gasteiger partial charge on any atom is -0.457 e. The molecule has 116 valence electrons. The first-order chi connectivity index (χ1) is 11.2. The largest absolute Gasteiger partial charge is 0.457 e. The van der Waals surface area contributed by atoms with Crippen LogP contribution in [0.25, 0.3) is 0 Å². The quantitative estimate of drug-likeness (QED) is 0.692. The molecule has 1 saturated heterocycles. The molecule has 1 fully saturated rings. The van der Waals surface area contributed by atoms with Crippen molar-refractivity contribution in [1.82, 2.24) is 5.32 Å². The van der Waals surface area contributed by atoms with Gasteiger partial charge < -0.3 is 10.1 Å². The predicted octanol–water partition coefficient (Wildman–Crippen LogP) is 3.17. The summed E-state index contributed by atoms with van der Waals surface area (Å²) in [6, 6.07) is 13.1. The third-order valence-corrected chi connectivity index (χ3v) is 3.72. The molecule has 0 bridgehead atoms. The molecule has 1 N–H and O–H groups in total. The molecule has 2 aromatic carbocycles. The molecule has 1 heterocycles. The Morgan fingerprint density at radius 2 is 2.00 bits per heavy atom. The topological polar surface area (TPSA) is 63.0 Å². The molecule has 1 aliphatic heterocycles. The van der Waals surface area contributed by atoms with E-state index in [9.17, 15) is 9.18 Å². The number of thioether (sulfide) groups is 1. The summed E-state index contributed by atoms with van der Waals surface area (Å²) >= 11 is 1.32. The van der Waals surface area contributed by atoms with E-state index in [-0.39, 0.29) is 11.7 Å². The van der Waals surface area contributed by atoms with Gasteiger partial charge >= 0.3 is 0 Å². The standard InChI is InChI=1S/C16H12FN3O2S/c17-12-2-1-3-14(8-12)22-13-6-4-11(5-7-13)9-18-20-16-19-15(21)10-23-16/h1-9H,10H2,(H,19,20,21). The lowest BCUT2D eigenvalue weighted by Crippen LogP contribution is -2.19.